The summed E-state index contributed by atoms with van der Waals surface area (Å²) in [6.07, 6.45) is 1.36. The van der Waals surface area contributed by atoms with Crippen LogP contribution >= 0.6 is 11.6 Å². The number of nitrogens with zero attached hydrogens (tertiary/aromatic N) is 2. The maximum absolute atomic E-state index is 13.7. The lowest BCUT2D eigenvalue weighted by Crippen LogP contribution is -2.15. The van der Waals surface area contributed by atoms with Crippen LogP contribution in [0.1, 0.15) is 10.5 Å². The van der Waals surface area contributed by atoms with Crippen molar-refractivity contribution in [3.05, 3.63) is 71.0 Å². The zero-order valence-electron chi connectivity index (χ0n) is 14.0. The fourth-order valence-electron chi connectivity index (χ4n) is 2.22. The lowest BCUT2D eigenvalue weighted by molar-refractivity contribution is 0.102. The number of amides is 1. The van der Waals surface area contributed by atoms with E-state index in [4.69, 9.17) is 16.3 Å². The molecule has 1 aromatic heterocycles. The third-order valence-electron chi connectivity index (χ3n) is 3.48. The van der Waals surface area contributed by atoms with Gasteiger partial charge in [0.25, 0.3) is 5.91 Å². The minimum Gasteiger partial charge on any atom is -0.495 e. The highest BCUT2D eigenvalue weighted by Crippen LogP contribution is 2.29. The van der Waals surface area contributed by atoms with Crippen LogP contribution in [0.3, 0.4) is 0 Å². The Morgan fingerprint density at radius 2 is 1.93 bits per heavy atom. The maximum atomic E-state index is 13.7. The molecule has 2 aromatic carbocycles. The van der Waals surface area contributed by atoms with E-state index in [2.05, 4.69) is 20.6 Å². The summed E-state index contributed by atoms with van der Waals surface area (Å²) in [6, 6.07) is 9.14. The molecule has 2 N–H and O–H groups in total. The van der Waals surface area contributed by atoms with Crippen molar-refractivity contribution in [3.63, 3.8) is 0 Å². The molecule has 0 aliphatic rings. The Morgan fingerprint density at radius 1 is 1.11 bits per heavy atom. The Hall–Kier alpha value is -3.26. The van der Waals surface area contributed by atoms with Gasteiger partial charge in [0.2, 0.25) is 5.95 Å². The Bertz CT molecular complexity index is 1000. The second kappa shape index (κ2) is 7.96. The summed E-state index contributed by atoms with van der Waals surface area (Å²) in [6.45, 7) is 0. The van der Waals surface area contributed by atoms with Gasteiger partial charge in [0, 0.05) is 17.3 Å². The smallest absolute Gasteiger partial charge is 0.274 e. The van der Waals surface area contributed by atoms with Gasteiger partial charge in [-0.15, -0.1) is 0 Å². The molecule has 27 heavy (non-hydrogen) atoms. The first-order chi connectivity index (χ1) is 13.0. The number of carbonyl (C=O) groups excluding carboxylic acids is 1. The molecule has 9 heteroatoms. The van der Waals surface area contributed by atoms with Gasteiger partial charge in [0.05, 0.1) is 18.5 Å². The zero-order chi connectivity index (χ0) is 19.4. The molecule has 6 nitrogen and oxygen atoms in total. The number of carbonyl (C=O) groups is 1. The average Bonchev–Trinajstić information content (AvgIpc) is 2.64. The van der Waals surface area contributed by atoms with Crippen molar-refractivity contribution in [2.24, 2.45) is 0 Å². The first-order valence-electron chi connectivity index (χ1n) is 7.66. The second-order valence-corrected chi connectivity index (χ2v) is 5.75. The third-order valence-corrected chi connectivity index (χ3v) is 3.71. The van der Waals surface area contributed by atoms with Crippen molar-refractivity contribution >= 4 is 34.8 Å². The number of ether oxygens (including phenoxy) is 1. The zero-order valence-corrected chi connectivity index (χ0v) is 14.7. The summed E-state index contributed by atoms with van der Waals surface area (Å²) < 4.78 is 31.9. The predicted molar refractivity (Wildman–Crippen MR) is 97.6 cm³/mol. The van der Waals surface area contributed by atoms with Gasteiger partial charge in [0.15, 0.2) is 0 Å². The molecule has 0 spiro atoms. The predicted octanol–water partition coefficient (Wildman–Crippen LogP) is 4.41. The van der Waals surface area contributed by atoms with Crippen LogP contribution in [0.5, 0.6) is 5.75 Å². The highest BCUT2D eigenvalue weighted by Gasteiger charge is 2.13. The van der Waals surface area contributed by atoms with Crippen molar-refractivity contribution in [2.45, 2.75) is 0 Å². The van der Waals surface area contributed by atoms with Gasteiger partial charge in [-0.05, 0) is 36.4 Å². The number of halogens is 3. The highest BCUT2D eigenvalue weighted by atomic mass is 35.5. The lowest BCUT2D eigenvalue weighted by Gasteiger charge is -2.11. The van der Waals surface area contributed by atoms with Crippen LogP contribution in [0, 0.1) is 11.6 Å². The van der Waals surface area contributed by atoms with Gasteiger partial charge in [-0.2, -0.15) is 0 Å². The molecule has 3 rings (SSSR count). The van der Waals surface area contributed by atoms with E-state index in [9.17, 15) is 13.6 Å². The molecule has 0 aliphatic carbocycles. The summed E-state index contributed by atoms with van der Waals surface area (Å²) in [5.74, 6) is -1.69. The van der Waals surface area contributed by atoms with E-state index in [-0.39, 0.29) is 17.3 Å². The normalized spacial score (nSPS) is 10.4. The van der Waals surface area contributed by atoms with Gasteiger partial charge in [-0.25, -0.2) is 18.7 Å². The van der Waals surface area contributed by atoms with Crippen molar-refractivity contribution in [1.82, 2.24) is 9.97 Å². The number of aromatic nitrogens is 2. The number of methoxy groups -OCH3 is 1. The summed E-state index contributed by atoms with van der Waals surface area (Å²) in [5, 5.41) is 5.71. The van der Waals surface area contributed by atoms with Crippen molar-refractivity contribution in [3.8, 4) is 5.75 Å². The first kappa shape index (κ1) is 18.5. The molecule has 1 amide bonds. The topological polar surface area (TPSA) is 76.1 Å². The van der Waals surface area contributed by atoms with E-state index in [1.165, 1.54) is 19.4 Å². The van der Waals surface area contributed by atoms with Crippen LogP contribution in [0.4, 0.5) is 26.1 Å². The molecule has 0 atom stereocenters. The SMILES string of the molecule is COc1ccc(Cl)cc1Nc1nccc(C(=O)Nc2ccc(F)cc2F)n1. The van der Waals surface area contributed by atoms with Crippen LogP contribution in [-0.4, -0.2) is 23.0 Å². The van der Waals surface area contributed by atoms with E-state index < -0.39 is 17.5 Å². The quantitative estimate of drug-likeness (QED) is 0.674. The van der Waals surface area contributed by atoms with E-state index in [1.54, 1.807) is 18.2 Å². The summed E-state index contributed by atoms with van der Waals surface area (Å²) in [7, 11) is 1.50. The second-order valence-electron chi connectivity index (χ2n) is 5.31. The van der Waals surface area contributed by atoms with E-state index in [1.807, 2.05) is 0 Å². The van der Waals surface area contributed by atoms with Crippen molar-refractivity contribution < 1.29 is 18.3 Å². The highest BCUT2D eigenvalue weighted by molar-refractivity contribution is 6.31. The largest absolute Gasteiger partial charge is 0.495 e. The standard InChI is InChI=1S/C18H13ClF2N4O2/c1-27-16-5-2-10(19)8-15(16)25-18-22-7-6-14(24-18)17(26)23-13-4-3-11(20)9-12(13)21/h2-9H,1H3,(H,23,26)(H,22,24,25). The average molecular weight is 391 g/mol. The molecule has 1 heterocycles. The van der Waals surface area contributed by atoms with Crippen LogP contribution in [0.2, 0.25) is 5.02 Å². The van der Waals surface area contributed by atoms with E-state index in [0.29, 0.717) is 22.5 Å². The van der Waals surface area contributed by atoms with Gasteiger partial charge in [0.1, 0.15) is 23.1 Å². The Balaban J connectivity index is 1.81. The van der Waals surface area contributed by atoms with Crippen molar-refractivity contribution in [2.75, 3.05) is 17.7 Å². The fraction of sp³-hybridized carbons (Fsp3) is 0.0556. The molecule has 0 unspecified atom stereocenters. The number of hydrogen-bond acceptors (Lipinski definition) is 5. The molecule has 0 saturated carbocycles. The van der Waals surface area contributed by atoms with Gasteiger partial charge in [-0.3, -0.25) is 4.79 Å². The fourth-order valence-corrected chi connectivity index (χ4v) is 2.39. The lowest BCUT2D eigenvalue weighted by atomic mass is 10.2. The molecule has 0 bridgehead atoms. The minimum absolute atomic E-state index is 0.0165. The number of hydrogen-bond donors (Lipinski definition) is 2. The van der Waals surface area contributed by atoms with Crippen LogP contribution in [-0.2, 0) is 0 Å². The Kier molecular flexibility index (Phi) is 5.46. The monoisotopic (exact) mass is 390 g/mol. The first-order valence-corrected chi connectivity index (χ1v) is 8.04. The minimum atomic E-state index is -0.889. The van der Waals surface area contributed by atoms with Crippen molar-refractivity contribution in [1.29, 1.82) is 0 Å². The van der Waals surface area contributed by atoms with Crippen LogP contribution in [0.15, 0.2) is 48.7 Å². The number of anilines is 3. The summed E-state index contributed by atoms with van der Waals surface area (Å²) in [4.78, 5) is 20.4. The Labute approximate surface area is 158 Å². The number of rotatable bonds is 5. The molecule has 0 fully saturated rings. The molecule has 0 saturated heterocycles. The summed E-state index contributed by atoms with van der Waals surface area (Å²) >= 11 is 5.98. The molecular formula is C18H13ClF2N4O2. The van der Waals surface area contributed by atoms with Crippen LogP contribution < -0.4 is 15.4 Å². The molecular weight excluding hydrogens is 378 g/mol. The van der Waals surface area contributed by atoms with Gasteiger partial charge < -0.3 is 15.4 Å². The maximum Gasteiger partial charge on any atom is 0.274 e. The molecule has 0 radical (unpaired) electrons. The summed E-state index contributed by atoms with van der Waals surface area (Å²) in [5.41, 5.74) is 0.329. The van der Waals surface area contributed by atoms with E-state index >= 15 is 0 Å². The number of benzene rings is 2. The molecule has 3 aromatic rings. The number of nitrogens with one attached hydrogen (secondary N) is 2. The molecule has 138 valence electrons. The third kappa shape index (κ3) is 4.48. The van der Waals surface area contributed by atoms with E-state index in [0.717, 1.165) is 12.1 Å². The Morgan fingerprint density at radius 3 is 2.67 bits per heavy atom. The van der Waals surface area contributed by atoms with Gasteiger partial charge in [-0.1, -0.05) is 11.6 Å². The van der Waals surface area contributed by atoms with Gasteiger partial charge >= 0.3 is 0 Å². The van der Waals surface area contributed by atoms with Crippen LogP contribution in [0.25, 0.3) is 0 Å². The molecule has 0 aliphatic heterocycles.